The lowest BCUT2D eigenvalue weighted by atomic mass is 10.0. The number of hydrogen-bond acceptors (Lipinski definition) is 10. The monoisotopic (exact) mass is 622 g/mol. The number of thioether (sulfide) groups is 1. The number of nitrogens with two attached hydrogens (primary N) is 1. The van der Waals surface area contributed by atoms with E-state index in [1.165, 1.54) is 40.3 Å². The number of fused-ring (bicyclic) bond motifs is 1. The number of carboxylic acids is 1. The number of allylic oxidation sites excluding steroid dienone is 1. The third-order valence-corrected chi connectivity index (χ3v) is 8.76. The summed E-state index contributed by atoms with van der Waals surface area (Å²) in [6, 6.07) is 3.38. The summed E-state index contributed by atoms with van der Waals surface area (Å²) < 4.78 is 38.5. The second-order valence-corrected chi connectivity index (χ2v) is 11.4. The Morgan fingerprint density at radius 2 is 1.95 bits per heavy atom. The fourth-order valence-electron chi connectivity index (χ4n) is 4.75. The number of hydrogen-bond donors (Lipinski definition) is 4. The predicted octanol–water partition coefficient (Wildman–Crippen LogP) is 2.02. The van der Waals surface area contributed by atoms with Crippen molar-refractivity contribution in [2.75, 3.05) is 18.0 Å². The minimum absolute atomic E-state index is 0.00561. The van der Waals surface area contributed by atoms with Gasteiger partial charge in [-0.1, -0.05) is 17.3 Å². The van der Waals surface area contributed by atoms with Crippen molar-refractivity contribution in [3.8, 4) is 0 Å². The van der Waals surface area contributed by atoms with Crippen LogP contribution in [0.1, 0.15) is 23.2 Å². The van der Waals surface area contributed by atoms with Crippen LogP contribution in [0.25, 0.3) is 0 Å². The van der Waals surface area contributed by atoms with E-state index in [-0.39, 0.29) is 47.4 Å². The number of carbonyl (C=O) groups is 4. The summed E-state index contributed by atoms with van der Waals surface area (Å²) in [5.74, 6) is -3.28. The van der Waals surface area contributed by atoms with Gasteiger partial charge in [0.2, 0.25) is 5.91 Å². The predicted molar refractivity (Wildman–Crippen MR) is 144 cm³/mol. The molecule has 4 heterocycles. The molecular weight excluding hydrogens is 601 g/mol. The molecule has 1 aromatic heterocycles. The van der Waals surface area contributed by atoms with Crippen molar-refractivity contribution in [3.63, 3.8) is 0 Å². The summed E-state index contributed by atoms with van der Waals surface area (Å²) in [5.41, 5.74) is 5.02. The van der Waals surface area contributed by atoms with Crippen LogP contribution in [0.15, 0.2) is 57.7 Å². The van der Waals surface area contributed by atoms with E-state index < -0.39 is 52.6 Å². The van der Waals surface area contributed by atoms with Gasteiger partial charge in [0.05, 0.1) is 5.56 Å². The maximum Gasteiger partial charge on any atom is 0.416 e. The summed E-state index contributed by atoms with van der Waals surface area (Å²) in [7, 11) is 0. The molecule has 3 amide bonds. The van der Waals surface area contributed by atoms with Gasteiger partial charge in [0, 0.05) is 29.8 Å². The molecule has 5 rings (SSSR count). The van der Waals surface area contributed by atoms with E-state index >= 15 is 0 Å². The van der Waals surface area contributed by atoms with Gasteiger partial charge >= 0.3 is 12.1 Å². The van der Waals surface area contributed by atoms with Crippen molar-refractivity contribution >= 4 is 57.6 Å². The van der Waals surface area contributed by atoms with Crippen molar-refractivity contribution in [1.29, 1.82) is 0 Å². The van der Waals surface area contributed by atoms with E-state index in [4.69, 9.17) is 5.73 Å². The zero-order valence-corrected chi connectivity index (χ0v) is 22.9. The first-order valence-corrected chi connectivity index (χ1v) is 14.1. The van der Waals surface area contributed by atoms with Crippen LogP contribution < -0.4 is 11.1 Å². The van der Waals surface area contributed by atoms with Crippen LogP contribution in [0.2, 0.25) is 0 Å². The highest BCUT2D eigenvalue weighted by Gasteiger charge is 2.54. The van der Waals surface area contributed by atoms with Gasteiger partial charge in [-0.25, -0.2) is 9.78 Å². The lowest BCUT2D eigenvalue weighted by molar-refractivity contribution is -0.150. The minimum Gasteiger partial charge on any atom is -0.477 e. The molecule has 17 heteroatoms. The number of alkyl halides is 3. The number of likely N-dealkylation sites (tertiary alicyclic amines) is 1. The number of rotatable bonds is 7. The van der Waals surface area contributed by atoms with E-state index in [1.54, 1.807) is 0 Å². The van der Waals surface area contributed by atoms with Gasteiger partial charge in [0.25, 0.3) is 11.8 Å². The molecule has 2 atom stereocenters. The average Bonchev–Trinajstić information content (AvgIpc) is 3.52. The standard InChI is InChI=1S/C25H21F3N6O6S2/c26-25(27,28)14-3-1-11(2-4-14)8-33-6-5-12(20(33)36)7-13-9-41-22-17(21(37)34(22)18(13)23(38)39)31-19(35)16(32-40)15-10-42-24(29)30-15/h1-4,7,10,17,22,40H,5-6,8-9H2,(H2,29,30)(H,31,35)(H,38,39)/b12-7+,32-16-/t17-,22-/m1/s1. The Labute approximate surface area is 243 Å². The normalized spacial score (nSPS) is 22.0. The highest BCUT2D eigenvalue weighted by atomic mass is 32.2. The van der Waals surface area contributed by atoms with Crippen LogP contribution in [-0.4, -0.2) is 78.2 Å². The van der Waals surface area contributed by atoms with Crippen LogP contribution in [0.3, 0.4) is 0 Å². The molecule has 42 heavy (non-hydrogen) atoms. The Morgan fingerprint density at radius 3 is 2.55 bits per heavy atom. The number of nitrogens with one attached hydrogen (secondary N) is 1. The van der Waals surface area contributed by atoms with Gasteiger partial charge in [-0.3, -0.25) is 19.3 Å². The topological polar surface area (TPSA) is 179 Å². The highest BCUT2D eigenvalue weighted by molar-refractivity contribution is 8.00. The molecule has 0 aliphatic carbocycles. The number of aromatic nitrogens is 1. The van der Waals surface area contributed by atoms with E-state index in [2.05, 4.69) is 15.5 Å². The van der Waals surface area contributed by atoms with Gasteiger partial charge in [0.1, 0.15) is 22.8 Å². The first-order valence-electron chi connectivity index (χ1n) is 12.2. The number of oxime groups is 1. The Balaban J connectivity index is 1.29. The molecule has 0 saturated carbocycles. The lowest BCUT2D eigenvalue weighted by Gasteiger charge is -2.49. The molecule has 3 aliphatic heterocycles. The van der Waals surface area contributed by atoms with E-state index in [9.17, 15) is 42.7 Å². The molecule has 2 aromatic rings. The van der Waals surface area contributed by atoms with Crippen LogP contribution in [0.5, 0.6) is 0 Å². The van der Waals surface area contributed by atoms with Gasteiger partial charge in [-0.2, -0.15) is 13.2 Å². The second-order valence-electron chi connectivity index (χ2n) is 9.40. The molecule has 12 nitrogen and oxygen atoms in total. The van der Waals surface area contributed by atoms with E-state index in [0.717, 1.165) is 28.4 Å². The number of amides is 3. The molecule has 2 fully saturated rings. The van der Waals surface area contributed by atoms with Crippen LogP contribution in [-0.2, 0) is 31.9 Å². The maximum absolute atomic E-state index is 13.0. The first kappa shape index (κ1) is 29.1. The van der Waals surface area contributed by atoms with Gasteiger partial charge in [-0.15, -0.1) is 23.1 Å². The van der Waals surface area contributed by atoms with Gasteiger partial charge in [-0.05, 0) is 35.8 Å². The molecule has 220 valence electrons. The van der Waals surface area contributed by atoms with Crippen molar-refractivity contribution < 1.29 is 42.7 Å². The minimum atomic E-state index is -4.47. The number of halogens is 3. The third kappa shape index (κ3) is 5.44. The Kier molecular flexibility index (Phi) is 7.72. The number of β-lactam (4-membered cyclic amide) rings is 1. The first-order chi connectivity index (χ1) is 19.9. The molecule has 0 unspecified atom stereocenters. The molecule has 1 aromatic carbocycles. The average molecular weight is 623 g/mol. The Bertz CT molecular complexity index is 1570. The number of carboxylic acid groups (broad SMARTS) is 1. The second kappa shape index (κ2) is 11.1. The maximum atomic E-state index is 13.0. The summed E-state index contributed by atoms with van der Waals surface area (Å²) in [6.07, 6.45) is -2.76. The quantitative estimate of drug-likeness (QED) is 0.118. The molecule has 3 aliphatic rings. The fourth-order valence-corrected chi connectivity index (χ4v) is 6.61. The molecule has 5 N–H and O–H groups in total. The van der Waals surface area contributed by atoms with E-state index in [0.29, 0.717) is 11.1 Å². The van der Waals surface area contributed by atoms with Gasteiger partial charge in [0.15, 0.2) is 10.8 Å². The highest BCUT2D eigenvalue weighted by Crippen LogP contribution is 2.41. The number of nitrogen functional groups attached to an aromatic ring is 1. The van der Waals surface area contributed by atoms with Crippen LogP contribution >= 0.6 is 23.1 Å². The third-order valence-electron chi connectivity index (χ3n) is 6.78. The number of benzene rings is 1. The summed E-state index contributed by atoms with van der Waals surface area (Å²) >= 11 is 2.19. The van der Waals surface area contributed by atoms with Crippen molar-refractivity contribution in [3.05, 3.63) is 69.4 Å². The van der Waals surface area contributed by atoms with Crippen molar-refractivity contribution in [1.82, 2.24) is 20.1 Å². The number of carbonyl (C=O) groups excluding carboxylic acids is 3. The molecule has 2 saturated heterocycles. The molecule has 0 spiro atoms. The Morgan fingerprint density at radius 1 is 1.24 bits per heavy atom. The van der Waals surface area contributed by atoms with Crippen LogP contribution in [0.4, 0.5) is 18.3 Å². The lowest BCUT2D eigenvalue weighted by Crippen LogP contribution is -2.71. The summed E-state index contributed by atoms with van der Waals surface area (Å²) in [4.78, 5) is 57.3. The number of nitrogens with zero attached hydrogens (tertiary/aromatic N) is 4. The van der Waals surface area contributed by atoms with Crippen molar-refractivity contribution in [2.24, 2.45) is 5.16 Å². The number of aliphatic carboxylic acids is 1. The Hall–Kier alpha value is -4.38. The SMILES string of the molecule is Nc1nc(/C(=N/O)C(=O)N[C@@H]2C(=O)N3C(C(=O)O)=C(/C=C4\CCN(Cc5ccc(C(F)(F)F)cc5)C4=O)CS[C@H]23)cs1. The zero-order valence-electron chi connectivity index (χ0n) is 21.3. The zero-order chi connectivity index (χ0) is 30.3. The smallest absolute Gasteiger partial charge is 0.416 e. The van der Waals surface area contributed by atoms with Crippen LogP contribution in [0, 0.1) is 0 Å². The van der Waals surface area contributed by atoms with Gasteiger partial charge < -0.3 is 26.3 Å². The number of anilines is 1. The van der Waals surface area contributed by atoms with Crippen molar-refractivity contribution in [2.45, 2.75) is 30.6 Å². The number of thiazole rings is 1. The molecule has 0 radical (unpaired) electrons. The summed E-state index contributed by atoms with van der Waals surface area (Å²) in [5, 5.41) is 25.4. The largest absolute Gasteiger partial charge is 0.477 e. The molecular formula is C25H21F3N6O6S2. The summed E-state index contributed by atoms with van der Waals surface area (Å²) in [6.45, 7) is 0.363. The molecule has 0 bridgehead atoms. The fraction of sp³-hybridized carbons (Fsp3) is 0.280. The van der Waals surface area contributed by atoms with E-state index in [1.807, 2.05) is 0 Å².